The molecule has 2 heterocycles. The maximum Gasteiger partial charge on any atom is 0.141 e. The van der Waals surface area contributed by atoms with Gasteiger partial charge in [0.05, 0.1) is 11.4 Å². The van der Waals surface area contributed by atoms with Crippen molar-refractivity contribution in [2.24, 2.45) is 11.5 Å². The van der Waals surface area contributed by atoms with Crippen LogP contribution in [0.4, 0.5) is 0 Å². The van der Waals surface area contributed by atoms with Gasteiger partial charge >= 0.3 is 0 Å². The monoisotopic (exact) mass is 240 g/mol. The molecule has 0 spiro atoms. The van der Waals surface area contributed by atoms with Crippen LogP contribution in [0.15, 0.2) is 36.4 Å². The second-order valence-corrected chi connectivity index (χ2v) is 3.64. The minimum atomic E-state index is -0.0976. The summed E-state index contributed by atoms with van der Waals surface area (Å²) in [6, 6.07) is 10.3. The number of nitrogens with zero attached hydrogens (tertiary/aromatic N) is 2. The van der Waals surface area contributed by atoms with Gasteiger partial charge in [0.2, 0.25) is 0 Å². The van der Waals surface area contributed by atoms with Gasteiger partial charge in [-0.1, -0.05) is 12.1 Å². The van der Waals surface area contributed by atoms with Crippen molar-refractivity contribution in [2.45, 2.75) is 0 Å². The number of hydrogen-bond donors (Lipinski definition) is 4. The summed E-state index contributed by atoms with van der Waals surface area (Å²) in [5.41, 5.74) is 12.7. The van der Waals surface area contributed by atoms with E-state index in [1.807, 2.05) is 0 Å². The normalized spacial score (nSPS) is 10.0. The van der Waals surface area contributed by atoms with Crippen LogP contribution in [-0.2, 0) is 0 Å². The zero-order valence-corrected chi connectivity index (χ0v) is 9.51. The van der Waals surface area contributed by atoms with Crippen LogP contribution in [0, 0.1) is 10.8 Å². The van der Waals surface area contributed by atoms with Crippen molar-refractivity contribution in [3.8, 4) is 11.4 Å². The Hall–Kier alpha value is -2.76. The fourth-order valence-corrected chi connectivity index (χ4v) is 1.45. The zero-order valence-electron chi connectivity index (χ0n) is 9.51. The molecule has 90 valence electrons. The first-order valence-electron chi connectivity index (χ1n) is 5.21. The van der Waals surface area contributed by atoms with Crippen molar-refractivity contribution < 1.29 is 0 Å². The van der Waals surface area contributed by atoms with Gasteiger partial charge in [-0.3, -0.25) is 10.8 Å². The number of nitrogen functional groups attached to an aromatic ring is 2. The summed E-state index contributed by atoms with van der Waals surface area (Å²) in [6.45, 7) is 0. The third kappa shape index (κ3) is 2.32. The summed E-state index contributed by atoms with van der Waals surface area (Å²) < 4.78 is 0. The van der Waals surface area contributed by atoms with E-state index < -0.39 is 0 Å². The molecule has 0 aliphatic heterocycles. The van der Waals surface area contributed by atoms with Gasteiger partial charge < -0.3 is 11.5 Å². The standard InChI is InChI=1S/C12H12N6/c13-11(14)9-5-1-3-7(17-9)8-4-2-6-10(18-8)12(15)16/h1-6H,(H3,13,14)(H3,15,16). The Morgan fingerprint density at radius 3 is 1.50 bits per heavy atom. The molecule has 0 aromatic carbocycles. The average molecular weight is 240 g/mol. The van der Waals surface area contributed by atoms with Crippen LogP contribution in [0.2, 0.25) is 0 Å². The lowest BCUT2D eigenvalue weighted by molar-refractivity contribution is 1.20. The van der Waals surface area contributed by atoms with Crippen LogP contribution in [0.1, 0.15) is 11.4 Å². The van der Waals surface area contributed by atoms with E-state index in [2.05, 4.69) is 9.97 Å². The second kappa shape index (κ2) is 4.62. The van der Waals surface area contributed by atoms with E-state index in [1.54, 1.807) is 36.4 Å². The summed E-state index contributed by atoms with van der Waals surface area (Å²) >= 11 is 0. The Kier molecular flexibility index (Phi) is 3.01. The molecule has 6 heteroatoms. The third-order valence-corrected chi connectivity index (χ3v) is 2.31. The van der Waals surface area contributed by atoms with Crippen LogP contribution in [0.5, 0.6) is 0 Å². The lowest BCUT2D eigenvalue weighted by Crippen LogP contribution is -2.14. The highest BCUT2D eigenvalue weighted by Gasteiger charge is 2.06. The van der Waals surface area contributed by atoms with Crippen molar-refractivity contribution in [1.82, 2.24) is 9.97 Å². The molecule has 18 heavy (non-hydrogen) atoms. The molecule has 0 aliphatic carbocycles. The summed E-state index contributed by atoms with van der Waals surface area (Å²) in [4.78, 5) is 8.44. The molecule has 0 saturated carbocycles. The molecule has 0 atom stereocenters. The molecule has 0 saturated heterocycles. The number of rotatable bonds is 3. The molecule has 6 N–H and O–H groups in total. The molecule has 0 bridgehead atoms. The molecule has 0 unspecified atom stereocenters. The van der Waals surface area contributed by atoms with Gasteiger partial charge in [-0.2, -0.15) is 0 Å². The molecule has 0 aliphatic rings. The largest absolute Gasteiger partial charge is 0.382 e. The van der Waals surface area contributed by atoms with Gasteiger partial charge in [0.15, 0.2) is 0 Å². The first kappa shape index (κ1) is 11.7. The Bertz CT molecular complexity index is 564. The van der Waals surface area contributed by atoms with E-state index in [-0.39, 0.29) is 11.7 Å². The fourth-order valence-electron chi connectivity index (χ4n) is 1.45. The van der Waals surface area contributed by atoms with Crippen LogP contribution in [0.25, 0.3) is 11.4 Å². The summed E-state index contributed by atoms with van der Waals surface area (Å²) in [5.74, 6) is -0.195. The van der Waals surface area contributed by atoms with E-state index in [4.69, 9.17) is 22.3 Å². The Morgan fingerprint density at radius 2 is 1.17 bits per heavy atom. The van der Waals surface area contributed by atoms with Crippen molar-refractivity contribution in [3.63, 3.8) is 0 Å². The Morgan fingerprint density at radius 1 is 0.778 bits per heavy atom. The highest BCUT2D eigenvalue weighted by molar-refractivity contribution is 5.94. The van der Waals surface area contributed by atoms with Gasteiger partial charge in [0, 0.05) is 0 Å². The van der Waals surface area contributed by atoms with E-state index in [0.29, 0.717) is 22.8 Å². The van der Waals surface area contributed by atoms with E-state index in [1.165, 1.54) is 0 Å². The summed E-state index contributed by atoms with van der Waals surface area (Å²) in [5, 5.41) is 14.7. The molecule has 6 nitrogen and oxygen atoms in total. The third-order valence-electron chi connectivity index (χ3n) is 2.31. The van der Waals surface area contributed by atoms with Crippen LogP contribution >= 0.6 is 0 Å². The minimum Gasteiger partial charge on any atom is -0.382 e. The number of pyridine rings is 2. The molecule has 0 amide bonds. The molecule has 0 fully saturated rings. The van der Waals surface area contributed by atoms with Crippen molar-refractivity contribution >= 4 is 11.7 Å². The molecular weight excluding hydrogens is 228 g/mol. The van der Waals surface area contributed by atoms with E-state index in [9.17, 15) is 0 Å². The van der Waals surface area contributed by atoms with Gasteiger partial charge in [0.1, 0.15) is 23.1 Å². The summed E-state index contributed by atoms with van der Waals surface area (Å²) in [7, 11) is 0. The highest BCUT2D eigenvalue weighted by Crippen LogP contribution is 2.14. The van der Waals surface area contributed by atoms with Gasteiger partial charge in [-0.15, -0.1) is 0 Å². The van der Waals surface area contributed by atoms with Gasteiger partial charge in [0.25, 0.3) is 0 Å². The zero-order chi connectivity index (χ0) is 13.1. The second-order valence-electron chi connectivity index (χ2n) is 3.64. The van der Waals surface area contributed by atoms with Crippen molar-refractivity contribution in [2.75, 3.05) is 0 Å². The lowest BCUT2D eigenvalue weighted by atomic mass is 10.2. The SMILES string of the molecule is N=C(N)c1cccc(-c2cccc(C(=N)N)n2)n1. The molecule has 2 aromatic rings. The maximum atomic E-state index is 7.35. The maximum absolute atomic E-state index is 7.35. The lowest BCUT2D eigenvalue weighted by Gasteiger charge is -2.04. The van der Waals surface area contributed by atoms with Gasteiger partial charge in [-0.25, -0.2) is 9.97 Å². The van der Waals surface area contributed by atoms with Crippen LogP contribution in [0.3, 0.4) is 0 Å². The quantitative estimate of drug-likeness (QED) is 0.465. The Labute approximate surface area is 104 Å². The van der Waals surface area contributed by atoms with Crippen molar-refractivity contribution in [1.29, 1.82) is 10.8 Å². The average Bonchev–Trinajstić information content (AvgIpc) is 2.39. The Balaban J connectivity index is 2.48. The van der Waals surface area contributed by atoms with Gasteiger partial charge in [-0.05, 0) is 24.3 Å². The summed E-state index contributed by atoms with van der Waals surface area (Å²) in [6.07, 6.45) is 0. The first-order valence-corrected chi connectivity index (χ1v) is 5.21. The predicted molar refractivity (Wildman–Crippen MR) is 69.5 cm³/mol. The van der Waals surface area contributed by atoms with Crippen LogP contribution < -0.4 is 11.5 Å². The highest BCUT2D eigenvalue weighted by atomic mass is 14.9. The van der Waals surface area contributed by atoms with E-state index in [0.717, 1.165) is 0 Å². The van der Waals surface area contributed by atoms with E-state index >= 15 is 0 Å². The number of nitrogens with two attached hydrogens (primary N) is 2. The molecule has 2 aromatic heterocycles. The number of aromatic nitrogens is 2. The van der Waals surface area contributed by atoms with Crippen molar-refractivity contribution in [3.05, 3.63) is 47.8 Å². The molecule has 0 radical (unpaired) electrons. The first-order chi connectivity index (χ1) is 8.58. The molecular formula is C12H12N6. The smallest absolute Gasteiger partial charge is 0.141 e. The van der Waals surface area contributed by atoms with Crippen LogP contribution in [-0.4, -0.2) is 21.6 Å². The number of amidine groups is 2. The number of nitrogens with one attached hydrogen (secondary N) is 2. The molecule has 2 rings (SSSR count). The fraction of sp³-hybridized carbons (Fsp3) is 0. The topological polar surface area (TPSA) is 126 Å². The minimum absolute atomic E-state index is 0.0976. The predicted octanol–water partition coefficient (Wildman–Crippen LogP) is 0.712. The number of hydrogen-bond acceptors (Lipinski definition) is 4.